The third-order valence-corrected chi connectivity index (χ3v) is 7.70. The Morgan fingerprint density at radius 3 is 1.88 bits per heavy atom. The van der Waals surface area contributed by atoms with Crippen LogP contribution in [-0.2, 0) is 4.74 Å². The Labute approximate surface area is 238 Å². The Hall–Kier alpha value is -5.25. The number of rotatable bonds is 5. The molecule has 0 radical (unpaired) electrons. The summed E-state index contributed by atoms with van der Waals surface area (Å²) in [6, 6.07) is 38.5. The number of morpholine rings is 1. The van der Waals surface area contributed by atoms with Crippen LogP contribution >= 0.6 is 0 Å². The van der Waals surface area contributed by atoms with Gasteiger partial charge in [-0.25, -0.2) is 4.98 Å². The van der Waals surface area contributed by atoms with Gasteiger partial charge in [0.1, 0.15) is 17.5 Å². The topological polar surface area (TPSA) is 69.5 Å². The molecule has 41 heavy (non-hydrogen) atoms. The second-order valence-electron chi connectivity index (χ2n) is 10.0. The number of aromatic nitrogens is 1. The molecule has 1 aliphatic heterocycles. The molecule has 0 amide bonds. The molecule has 4 aromatic carbocycles. The number of ketones is 1. The fraction of sp³-hybridized carbons (Fsp3) is 0.114. The van der Waals surface area contributed by atoms with E-state index in [9.17, 15) is 10.1 Å². The number of nitriles is 1. The summed E-state index contributed by atoms with van der Waals surface area (Å²) in [4.78, 5) is 23.1. The highest BCUT2D eigenvalue weighted by molar-refractivity contribution is 6.25. The molecule has 1 saturated heterocycles. The van der Waals surface area contributed by atoms with E-state index in [-0.39, 0.29) is 5.78 Å². The van der Waals surface area contributed by atoms with Crippen molar-refractivity contribution in [3.8, 4) is 28.5 Å². The molecule has 6 nitrogen and oxygen atoms in total. The Kier molecular flexibility index (Phi) is 6.27. The molecule has 1 aromatic heterocycles. The summed E-state index contributed by atoms with van der Waals surface area (Å²) in [6.45, 7) is 2.41. The summed E-state index contributed by atoms with van der Waals surface area (Å²) in [6.07, 6.45) is 0. The van der Waals surface area contributed by atoms with Crippen LogP contribution in [0.3, 0.4) is 0 Å². The Morgan fingerprint density at radius 1 is 0.707 bits per heavy atom. The van der Waals surface area contributed by atoms with Crippen molar-refractivity contribution in [2.45, 2.75) is 0 Å². The van der Waals surface area contributed by atoms with Crippen LogP contribution in [0.25, 0.3) is 22.4 Å². The molecular weight excluding hydrogens is 508 g/mol. The van der Waals surface area contributed by atoms with Crippen molar-refractivity contribution < 1.29 is 9.53 Å². The summed E-state index contributed by atoms with van der Waals surface area (Å²) in [5, 5.41) is 10.3. The molecule has 2 heterocycles. The zero-order chi connectivity index (χ0) is 27.8. The minimum absolute atomic E-state index is 0.0950. The van der Waals surface area contributed by atoms with Gasteiger partial charge in [0, 0.05) is 46.8 Å². The van der Waals surface area contributed by atoms with E-state index in [4.69, 9.17) is 9.72 Å². The van der Waals surface area contributed by atoms with Gasteiger partial charge in [0.15, 0.2) is 5.78 Å². The van der Waals surface area contributed by atoms with Crippen LogP contribution in [0.1, 0.15) is 21.5 Å². The first-order chi connectivity index (χ1) is 20.2. The minimum Gasteiger partial charge on any atom is -0.378 e. The van der Waals surface area contributed by atoms with Gasteiger partial charge in [0.2, 0.25) is 0 Å². The maximum atomic E-state index is 13.8. The van der Waals surface area contributed by atoms with Crippen LogP contribution in [0.15, 0.2) is 109 Å². The maximum absolute atomic E-state index is 13.8. The molecule has 1 fully saturated rings. The number of fused-ring (bicyclic) bond motifs is 3. The number of pyridine rings is 1. The predicted molar refractivity (Wildman–Crippen MR) is 161 cm³/mol. The third kappa shape index (κ3) is 4.24. The van der Waals surface area contributed by atoms with Gasteiger partial charge in [-0.05, 0) is 42.0 Å². The average molecular weight is 535 g/mol. The van der Waals surface area contributed by atoms with Crippen molar-refractivity contribution >= 4 is 28.7 Å². The van der Waals surface area contributed by atoms with Crippen molar-refractivity contribution in [3.05, 3.63) is 126 Å². The molecule has 198 valence electrons. The van der Waals surface area contributed by atoms with Gasteiger partial charge in [-0.1, -0.05) is 72.8 Å². The van der Waals surface area contributed by atoms with Crippen LogP contribution < -0.4 is 9.80 Å². The number of benzene rings is 4. The van der Waals surface area contributed by atoms with E-state index in [1.54, 1.807) is 0 Å². The highest BCUT2D eigenvalue weighted by Crippen LogP contribution is 2.46. The molecule has 6 heteroatoms. The van der Waals surface area contributed by atoms with E-state index in [0.29, 0.717) is 60.1 Å². The lowest BCUT2D eigenvalue weighted by Gasteiger charge is -2.30. The van der Waals surface area contributed by atoms with E-state index in [2.05, 4.69) is 52.3 Å². The van der Waals surface area contributed by atoms with E-state index in [1.165, 1.54) is 0 Å². The van der Waals surface area contributed by atoms with E-state index in [0.717, 1.165) is 28.2 Å². The number of anilines is 4. The summed E-state index contributed by atoms with van der Waals surface area (Å²) in [7, 11) is 0. The van der Waals surface area contributed by atoms with Crippen LogP contribution in [0.4, 0.5) is 22.9 Å². The Balaban J connectivity index is 1.39. The van der Waals surface area contributed by atoms with Crippen molar-refractivity contribution in [2.75, 3.05) is 36.1 Å². The summed E-state index contributed by atoms with van der Waals surface area (Å²) in [5.41, 5.74) is 7.52. The number of nitrogens with zero attached hydrogens (tertiary/aromatic N) is 4. The van der Waals surface area contributed by atoms with Crippen LogP contribution in [0, 0.1) is 11.3 Å². The van der Waals surface area contributed by atoms with Crippen molar-refractivity contribution in [1.82, 2.24) is 4.98 Å². The van der Waals surface area contributed by atoms with Crippen LogP contribution in [-0.4, -0.2) is 37.1 Å². The molecular formula is C35H26N4O2. The highest BCUT2D eigenvalue weighted by Gasteiger charge is 2.35. The standard InChI is InChI=1S/C35H26N4O2/c36-23-30-31-28-13-7-8-14-29(28)34(40)32(31)33(37-35(30)38-19-21-41-22-20-38)24-15-17-27(18-16-24)39(25-9-3-1-4-10-25)26-11-5-2-6-12-26/h1-18H,19-22H2. The van der Waals surface area contributed by atoms with Crippen molar-refractivity contribution in [3.63, 3.8) is 0 Å². The van der Waals surface area contributed by atoms with Gasteiger partial charge in [-0.3, -0.25) is 4.79 Å². The van der Waals surface area contributed by atoms with Crippen LogP contribution in [0.5, 0.6) is 0 Å². The zero-order valence-corrected chi connectivity index (χ0v) is 22.3. The Bertz CT molecular complexity index is 1750. The van der Waals surface area contributed by atoms with E-state index >= 15 is 0 Å². The SMILES string of the molecule is N#Cc1c(N2CCOCC2)nc(-c2ccc(N(c3ccccc3)c3ccccc3)cc2)c2c1-c1ccccc1C2=O. The van der Waals surface area contributed by atoms with Crippen molar-refractivity contribution in [2.24, 2.45) is 0 Å². The molecule has 0 bridgehead atoms. The quantitative estimate of drug-likeness (QED) is 0.234. The number of carbonyl (C=O) groups is 1. The summed E-state index contributed by atoms with van der Waals surface area (Å²) >= 11 is 0. The number of hydrogen-bond donors (Lipinski definition) is 0. The highest BCUT2D eigenvalue weighted by atomic mass is 16.5. The number of ether oxygens (including phenoxy) is 1. The first-order valence-electron chi connectivity index (χ1n) is 13.7. The molecule has 0 spiro atoms. The van der Waals surface area contributed by atoms with Gasteiger partial charge in [-0.15, -0.1) is 0 Å². The zero-order valence-electron chi connectivity index (χ0n) is 22.3. The van der Waals surface area contributed by atoms with E-state index in [1.807, 2.05) is 72.8 Å². The summed E-state index contributed by atoms with van der Waals surface area (Å²) < 4.78 is 5.57. The van der Waals surface area contributed by atoms with Gasteiger partial charge in [0.25, 0.3) is 0 Å². The lowest BCUT2D eigenvalue weighted by atomic mass is 9.96. The number of para-hydroxylation sites is 2. The molecule has 0 atom stereocenters. The molecule has 2 aliphatic rings. The second kappa shape index (κ2) is 10.4. The lowest BCUT2D eigenvalue weighted by molar-refractivity contribution is 0.104. The molecule has 1 aliphatic carbocycles. The fourth-order valence-corrected chi connectivity index (χ4v) is 5.79. The number of hydrogen-bond acceptors (Lipinski definition) is 6. The minimum atomic E-state index is -0.0950. The molecule has 5 aromatic rings. The largest absolute Gasteiger partial charge is 0.378 e. The normalized spacial score (nSPS) is 13.8. The first kappa shape index (κ1) is 24.8. The average Bonchev–Trinajstić information content (AvgIpc) is 3.34. The fourth-order valence-electron chi connectivity index (χ4n) is 5.79. The lowest BCUT2D eigenvalue weighted by Crippen LogP contribution is -2.37. The van der Waals surface area contributed by atoms with Crippen molar-refractivity contribution in [1.29, 1.82) is 5.26 Å². The molecule has 0 unspecified atom stereocenters. The van der Waals surface area contributed by atoms with Gasteiger partial charge in [0.05, 0.1) is 24.5 Å². The Morgan fingerprint density at radius 2 is 1.27 bits per heavy atom. The molecule has 0 saturated carbocycles. The smallest absolute Gasteiger partial charge is 0.196 e. The van der Waals surface area contributed by atoms with Gasteiger partial charge >= 0.3 is 0 Å². The van der Waals surface area contributed by atoms with Crippen LogP contribution in [0.2, 0.25) is 0 Å². The first-order valence-corrected chi connectivity index (χ1v) is 13.7. The monoisotopic (exact) mass is 534 g/mol. The molecule has 7 rings (SSSR count). The third-order valence-electron chi connectivity index (χ3n) is 7.70. The molecule has 0 N–H and O–H groups in total. The summed E-state index contributed by atoms with van der Waals surface area (Å²) in [5.74, 6) is 0.510. The maximum Gasteiger partial charge on any atom is 0.196 e. The van der Waals surface area contributed by atoms with Gasteiger partial charge < -0.3 is 14.5 Å². The number of carbonyl (C=O) groups excluding carboxylic acids is 1. The van der Waals surface area contributed by atoms with Gasteiger partial charge in [-0.2, -0.15) is 5.26 Å². The predicted octanol–water partition coefficient (Wildman–Crippen LogP) is 7.14. The second-order valence-corrected chi connectivity index (χ2v) is 10.0. The van der Waals surface area contributed by atoms with E-state index < -0.39 is 0 Å².